The number of hydrogen-bond acceptors (Lipinski definition) is 2. The quantitative estimate of drug-likeness (QED) is 0.589. The van der Waals surface area contributed by atoms with Gasteiger partial charge in [-0.05, 0) is 37.9 Å². The fourth-order valence-corrected chi connectivity index (χ4v) is 1.99. The van der Waals surface area contributed by atoms with Crippen LogP contribution in [0.15, 0.2) is 28.3 Å². The predicted octanol–water partition coefficient (Wildman–Crippen LogP) is 0.958. The van der Waals surface area contributed by atoms with Gasteiger partial charge < -0.3 is 0 Å². The zero-order valence-electron chi connectivity index (χ0n) is 8.87. The van der Waals surface area contributed by atoms with Crippen molar-refractivity contribution in [1.29, 1.82) is 0 Å². The lowest BCUT2D eigenvalue weighted by Crippen LogP contribution is -2.21. The van der Waals surface area contributed by atoms with Crippen LogP contribution in [0.25, 0.3) is 0 Å². The van der Waals surface area contributed by atoms with Crippen molar-refractivity contribution in [3.63, 3.8) is 0 Å². The standard InChI is InChI=1S/C11H17BN2/c12-11-4-3-10(7-13-8-11)9-14-5-1-2-6-14/h4,7-8H,1-3,5-6,9,12H2. The van der Waals surface area contributed by atoms with E-state index in [4.69, 9.17) is 0 Å². The highest BCUT2D eigenvalue weighted by atomic mass is 15.1. The topological polar surface area (TPSA) is 15.6 Å². The monoisotopic (exact) mass is 188 g/mol. The van der Waals surface area contributed by atoms with Crippen molar-refractivity contribution < 1.29 is 0 Å². The van der Waals surface area contributed by atoms with Crippen LogP contribution in [0.1, 0.15) is 19.3 Å². The number of likely N-dealkylation sites (tertiary alicyclic amines) is 1. The number of aliphatic imine (C=N–C) groups is 1. The van der Waals surface area contributed by atoms with E-state index in [0.29, 0.717) is 0 Å². The van der Waals surface area contributed by atoms with Gasteiger partial charge in [-0.15, -0.1) is 0 Å². The molecular formula is C11H17BN2. The highest BCUT2D eigenvalue weighted by molar-refractivity contribution is 6.32. The summed E-state index contributed by atoms with van der Waals surface area (Å²) in [5.41, 5.74) is 2.72. The van der Waals surface area contributed by atoms with E-state index in [2.05, 4.69) is 23.8 Å². The van der Waals surface area contributed by atoms with Crippen LogP contribution in [0.2, 0.25) is 0 Å². The van der Waals surface area contributed by atoms with Gasteiger partial charge in [0, 0.05) is 19.0 Å². The first kappa shape index (κ1) is 9.72. The van der Waals surface area contributed by atoms with Crippen LogP contribution in [0, 0.1) is 0 Å². The molecule has 2 aliphatic rings. The molecule has 2 aliphatic heterocycles. The molecule has 0 aromatic carbocycles. The van der Waals surface area contributed by atoms with Crippen LogP contribution in [0.5, 0.6) is 0 Å². The van der Waals surface area contributed by atoms with Crippen LogP contribution in [-0.2, 0) is 0 Å². The SMILES string of the molecule is BC1=CCC(CN2CCCC2)=CN=C1. The van der Waals surface area contributed by atoms with Crippen molar-refractivity contribution in [1.82, 2.24) is 4.90 Å². The maximum Gasteiger partial charge on any atom is 0.140 e. The maximum absolute atomic E-state index is 4.29. The van der Waals surface area contributed by atoms with E-state index in [1.54, 1.807) is 0 Å². The molecule has 14 heavy (non-hydrogen) atoms. The van der Waals surface area contributed by atoms with Gasteiger partial charge in [0.2, 0.25) is 0 Å². The third-order valence-electron chi connectivity index (χ3n) is 2.85. The van der Waals surface area contributed by atoms with Crippen molar-refractivity contribution >= 4 is 14.1 Å². The van der Waals surface area contributed by atoms with Gasteiger partial charge in [-0.2, -0.15) is 0 Å². The molecule has 1 saturated heterocycles. The molecule has 0 aliphatic carbocycles. The molecule has 74 valence electrons. The molecule has 0 bridgehead atoms. The molecule has 0 N–H and O–H groups in total. The maximum atomic E-state index is 4.29. The molecule has 0 atom stereocenters. The molecule has 0 aromatic rings. The van der Waals surface area contributed by atoms with Crippen molar-refractivity contribution in [2.24, 2.45) is 4.99 Å². The van der Waals surface area contributed by atoms with Crippen molar-refractivity contribution in [2.75, 3.05) is 19.6 Å². The summed E-state index contributed by atoms with van der Waals surface area (Å²) in [7, 11) is 2.11. The smallest absolute Gasteiger partial charge is 0.140 e. The third kappa shape index (κ3) is 2.58. The van der Waals surface area contributed by atoms with E-state index < -0.39 is 0 Å². The molecule has 0 radical (unpaired) electrons. The Kier molecular flexibility index (Phi) is 3.20. The second-order valence-electron chi connectivity index (χ2n) is 4.20. The van der Waals surface area contributed by atoms with Gasteiger partial charge in [0.1, 0.15) is 7.85 Å². The minimum atomic E-state index is 1.07. The Balaban J connectivity index is 1.92. The zero-order valence-corrected chi connectivity index (χ0v) is 8.87. The van der Waals surface area contributed by atoms with E-state index in [1.807, 2.05) is 12.4 Å². The molecule has 3 heteroatoms. The van der Waals surface area contributed by atoms with E-state index in [9.17, 15) is 0 Å². The summed E-state index contributed by atoms with van der Waals surface area (Å²) in [6, 6.07) is 0. The fourth-order valence-electron chi connectivity index (χ4n) is 1.99. The molecule has 2 nitrogen and oxygen atoms in total. The normalized spacial score (nSPS) is 23.1. The fraction of sp³-hybridized carbons (Fsp3) is 0.545. The summed E-state index contributed by atoms with van der Waals surface area (Å²) >= 11 is 0. The molecular weight excluding hydrogens is 171 g/mol. The number of allylic oxidation sites excluding steroid dienone is 2. The van der Waals surface area contributed by atoms with Crippen molar-refractivity contribution in [3.05, 3.63) is 23.3 Å². The van der Waals surface area contributed by atoms with Crippen molar-refractivity contribution in [2.45, 2.75) is 19.3 Å². The minimum Gasteiger partial charge on any atom is -0.299 e. The molecule has 1 fully saturated rings. The van der Waals surface area contributed by atoms with Crippen LogP contribution in [0.3, 0.4) is 0 Å². The van der Waals surface area contributed by atoms with E-state index >= 15 is 0 Å². The lowest BCUT2D eigenvalue weighted by atomic mass is 9.95. The van der Waals surface area contributed by atoms with Gasteiger partial charge in [0.25, 0.3) is 0 Å². The first-order chi connectivity index (χ1) is 6.84. The second kappa shape index (κ2) is 4.60. The lowest BCUT2D eigenvalue weighted by Gasteiger charge is -2.15. The average molecular weight is 188 g/mol. The Labute approximate surface area is 86.8 Å². The van der Waals surface area contributed by atoms with Gasteiger partial charge in [0.05, 0.1) is 0 Å². The summed E-state index contributed by atoms with van der Waals surface area (Å²) in [5, 5.41) is 0. The zero-order chi connectivity index (χ0) is 9.80. The Bertz CT molecular complexity index is 283. The highest BCUT2D eigenvalue weighted by Gasteiger charge is 2.12. The third-order valence-corrected chi connectivity index (χ3v) is 2.85. The van der Waals surface area contributed by atoms with Gasteiger partial charge in [0.15, 0.2) is 0 Å². The summed E-state index contributed by atoms with van der Waals surface area (Å²) in [6.07, 6.45) is 10.0. The molecule has 0 spiro atoms. The Morgan fingerprint density at radius 2 is 2.14 bits per heavy atom. The molecule has 0 unspecified atom stereocenters. The van der Waals surface area contributed by atoms with Crippen LogP contribution < -0.4 is 0 Å². The Morgan fingerprint density at radius 1 is 1.36 bits per heavy atom. The van der Waals surface area contributed by atoms with E-state index in [1.165, 1.54) is 37.0 Å². The minimum absolute atomic E-state index is 1.07. The molecule has 0 saturated carbocycles. The Hall–Kier alpha value is -0.825. The summed E-state index contributed by atoms with van der Waals surface area (Å²) in [6.45, 7) is 3.65. The average Bonchev–Trinajstić information content (AvgIpc) is 2.58. The van der Waals surface area contributed by atoms with Crippen LogP contribution in [-0.4, -0.2) is 38.6 Å². The van der Waals surface area contributed by atoms with Crippen LogP contribution >= 0.6 is 0 Å². The summed E-state index contributed by atoms with van der Waals surface area (Å²) < 4.78 is 0. The predicted molar refractivity (Wildman–Crippen MR) is 63.5 cm³/mol. The highest BCUT2D eigenvalue weighted by Crippen LogP contribution is 2.14. The van der Waals surface area contributed by atoms with Crippen LogP contribution in [0.4, 0.5) is 0 Å². The first-order valence-corrected chi connectivity index (χ1v) is 5.45. The summed E-state index contributed by atoms with van der Waals surface area (Å²) in [4.78, 5) is 6.82. The van der Waals surface area contributed by atoms with Gasteiger partial charge in [-0.1, -0.05) is 11.5 Å². The summed E-state index contributed by atoms with van der Waals surface area (Å²) in [5.74, 6) is 0. The lowest BCUT2D eigenvalue weighted by molar-refractivity contribution is 0.366. The largest absolute Gasteiger partial charge is 0.299 e. The number of hydrogen-bond donors (Lipinski definition) is 0. The van der Waals surface area contributed by atoms with Gasteiger partial charge in [-0.25, -0.2) is 0 Å². The molecule has 0 amide bonds. The number of rotatable bonds is 2. The Morgan fingerprint density at radius 3 is 2.93 bits per heavy atom. The van der Waals surface area contributed by atoms with E-state index in [0.717, 1.165) is 13.0 Å². The van der Waals surface area contributed by atoms with Gasteiger partial charge in [-0.3, -0.25) is 9.89 Å². The van der Waals surface area contributed by atoms with E-state index in [-0.39, 0.29) is 0 Å². The molecule has 0 aromatic heterocycles. The molecule has 2 rings (SSSR count). The number of nitrogens with zero attached hydrogens (tertiary/aromatic N) is 2. The second-order valence-corrected chi connectivity index (χ2v) is 4.20. The first-order valence-electron chi connectivity index (χ1n) is 5.45. The molecule has 2 heterocycles. The van der Waals surface area contributed by atoms with Gasteiger partial charge >= 0.3 is 0 Å². The van der Waals surface area contributed by atoms with Crippen molar-refractivity contribution in [3.8, 4) is 0 Å².